The molecule has 2 amide bonds. The van der Waals surface area contributed by atoms with Gasteiger partial charge in [0.1, 0.15) is 5.75 Å². The van der Waals surface area contributed by atoms with Crippen LogP contribution in [-0.4, -0.2) is 37.7 Å². The van der Waals surface area contributed by atoms with Crippen LogP contribution in [0.4, 0.5) is 18.9 Å². The molecule has 2 aromatic carbocycles. The molecule has 0 fully saturated rings. The van der Waals surface area contributed by atoms with Gasteiger partial charge in [0.2, 0.25) is 0 Å². The first-order valence-electron chi connectivity index (χ1n) is 8.41. The molecule has 0 aliphatic rings. The lowest BCUT2D eigenvalue weighted by atomic mass is 10.2. The number of alkyl halides is 3. The Bertz CT molecular complexity index is 994. The van der Waals surface area contributed by atoms with Crippen LogP contribution in [0.1, 0.15) is 11.1 Å². The lowest BCUT2D eigenvalue weighted by Crippen LogP contribution is -2.32. The van der Waals surface area contributed by atoms with E-state index in [1.807, 2.05) is 10.7 Å². The molecule has 0 radical (unpaired) electrons. The first-order valence-corrected chi connectivity index (χ1v) is 8.78. The number of hydrogen-bond acceptors (Lipinski definition) is 6. The molecule has 0 atom stereocenters. The van der Waals surface area contributed by atoms with Crippen LogP contribution in [0.15, 0.2) is 47.6 Å². The average Bonchev–Trinajstić information content (AvgIpc) is 2.73. The number of carbonyl (C=O) groups excluding carboxylic acids is 3. The molecule has 0 aliphatic carbocycles. The van der Waals surface area contributed by atoms with Crippen molar-refractivity contribution < 1.29 is 37.0 Å². The normalized spacial score (nSPS) is 11.1. The van der Waals surface area contributed by atoms with Gasteiger partial charge >= 0.3 is 24.0 Å². The second-order valence-corrected chi connectivity index (χ2v) is 6.19. The van der Waals surface area contributed by atoms with Gasteiger partial charge in [0.25, 0.3) is 0 Å². The number of nitrogens with zero attached hydrogens (tertiary/aromatic N) is 1. The van der Waals surface area contributed by atoms with E-state index < -0.39 is 34.5 Å². The summed E-state index contributed by atoms with van der Waals surface area (Å²) in [5.41, 5.74) is 1.06. The van der Waals surface area contributed by atoms with Crippen molar-refractivity contribution in [3.8, 4) is 5.75 Å². The Morgan fingerprint density at radius 3 is 2.39 bits per heavy atom. The van der Waals surface area contributed by atoms with Crippen LogP contribution in [0.5, 0.6) is 5.75 Å². The summed E-state index contributed by atoms with van der Waals surface area (Å²) in [5, 5.41) is 5.08. The van der Waals surface area contributed by atoms with Gasteiger partial charge in [-0.1, -0.05) is 11.6 Å². The van der Waals surface area contributed by atoms with Crippen LogP contribution in [0, 0.1) is 0 Å². The Morgan fingerprint density at radius 2 is 1.77 bits per heavy atom. The van der Waals surface area contributed by atoms with E-state index in [4.69, 9.17) is 16.3 Å². The van der Waals surface area contributed by atoms with E-state index >= 15 is 0 Å². The molecular formula is C19H15ClF3N3O5. The maximum Gasteiger partial charge on any atom is 0.417 e. The van der Waals surface area contributed by atoms with Crippen molar-refractivity contribution >= 4 is 41.3 Å². The number of halogens is 4. The Labute approximate surface area is 179 Å². The van der Waals surface area contributed by atoms with Gasteiger partial charge in [0.15, 0.2) is 6.61 Å². The molecule has 0 aliphatic heterocycles. The number of amides is 2. The molecule has 2 N–H and O–H groups in total. The van der Waals surface area contributed by atoms with Crippen molar-refractivity contribution in [3.05, 3.63) is 58.6 Å². The van der Waals surface area contributed by atoms with Crippen LogP contribution < -0.4 is 15.5 Å². The van der Waals surface area contributed by atoms with Gasteiger partial charge in [0, 0.05) is 5.69 Å². The molecule has 0 saturated carbocycles. The van der Waals surface area contributed by atoms with E-state index in [9.17, 15) is 27.6 Å². The van der Waals surface area contributed by atoms with Crippen molar-refractivity contribution in [1.82, 2.24) is 5.43 Å². The molecule has 164 valence electrons. The zero-order chi connectivity index (χ0) is 23.0. The summed E-state index contributed by atoms with van der Waals surface area (Å²) in [7, 11) is 1.23. The van der Waals surface area contributed by atoms with Gasteiger partial charge < -0.3 is 14.8 Å². The molecule has 0 saturated heterocycles. The van der Waals surface area contributed by atoms with Crippen LogP contribution in [0.3, 0.4) is 0 Å². The number of rotatable bonds is 6. The van der Waals surface area contributed by atoms with Crippen LogP contribution in [0.2, 0.25) is 5.02 Å². The molecule has 0 aromatic heterocycles. The van der Waals surface area contributed by atoms with E-state index in [1.165, 1.54) is 25.5 Å². The summed E-state index contributed by atoms with van der Waals surface area (Å²) >= 11 is 5.49. The predicted octanol–water partition coefficient (Wildman–Crippen LogP) is 3.00. The fourth-order valence-corrected chi connectivity index (χ4v) is 2.30. The number of methoxy groups -OCH3 is 1. The molecular weight excluding hydrogens is 443 g/mol. The molecule has 0 unspecified atom stereocenters. The maximum absolute atomic E-state index is 12.8. The number of esters is 1. The van der Waals surface area contributed by atoms with Gasteiger partial charge in [-0.15, -0.1) is 0 Å². The molecule has 0 heterocycles. The highest BCUT2D eigenvalue weighted by Gasteiger charge is 2.33. The zero-order valence-corrected chi connectivity index (χ0v) is 16.6. The topological polar surface area (TPSA) is 106 Å². The summed E-state index contributed by atoms with van der Waals surface area (Å²) in [6.07, 6.45) is -3.50. The van der Waals surface area contributed by atoms with Gasteiger partial charge in [-0.2, -0.15) is 18.3 Å². The summed E-state index contributed by atoms with van der Waals surface area (Å²) in [6.45, 7) is -0.257. The lowest BCUT2D eigenvalue weighted by molar-refractivity contribution is -0.143. The van der Waals surface area contributed by atoms with Crippen LogP contribution in [-0.2, 0) is 25.3 Å². The van der Waals surface area contributed by atoms with E-state index in [1.54, 1.807) is 12.1 Å². The van der Waals surface area contributed by atoms with E-state index in [0.29, 0.717) is 17.4 Å². The van der Waals surface area contributed by atoms with Crippen molar-refractivity contribution in [2.45, 2.75) is 6.18 Å². The highest BCUT2D eigenvalue weighted by Crippen LogP contribution is 2.36. The quantitative estimate of drug-likeness (QED) is 0.300. The van der Waals surface area contributed by atoms with Crippen LogP contribution >= 0.6 is 11.6 Å². The summed E-state index contributed by atoms with van der Waals surface area (Å²) in [6, 6.07) is 8.89. The molecule has 2 aromatic rings. The molecule has 12 heteroatoms. The van der Waals surface area contributed by atoms with Gasteiger partial charge in [0.05, 0.1) is 23.9 Å². The van der Waals surface area contributed by atoms with E-state index in [2.05, 4.69) is 9.84 Å². The van der Waals surface area contributed by atoms with E-state index in [0.717, 1.165) is 12.1 Å². The smallest absolute Gasteiger partial charge is 0.417 e. The van der Waals surface area contributed by atoms with E-state index in [-0.39, 0.29) is 12.3 Å². The number of ether oxygens (including phenoxy) is 2. The highest BCUT2D eigenvalue weighted by atomic mass is 35.5. The standard InChI is InChI=1S/C19H15ClF3N3O5/c1-30-16(27)10-31-13-5-2-11(3-6-13)9-24-26-18(29)17(28)25-12-4-7-15(20)14(8-12)19(21,22)23/h2-9H,10H2,1H3,(H,25,28)(H,26,29)/b24-9-. The lowest BCUT2D eigenvalue weighted by Gasteiger charge is -2.11. The number of anilines is 1. The third-order valence-electron chi connectivity index (χ3n) is 3.58. The van der Waals surface area contributed by atoms with Gasteiger partial charge in [-0.05, 0) is 48.0 Å². The van der Waals surface area contributed by atoms with Crippen molar-refractivity contribution in [3.63, 3.8) is 0 Å². The Balaban J connectivity index is 1.90. The minimum Gasteiger partial charge on any atom is -0.482 e. The highest BCUT2D eigenvalue weighted by molar-refractivity contribution is 6.39. The fourth-order valence-electron chi connectivity index (χ4n) is 2.08. The second kappa shape index (κ2) is 10.4. The minimum atomic E-state index is -4.72. The zero-order valence-electron chi connectivity index (χ0n) is 15.8. The number of hydrogen-bond donors (Lipinski definition) is 2. The molecule has 31 heavy (non-hydrogen) atoms. The number of carbonyl (C=O) groups is 3. The molecule has 8 nitrogen and oxygen atoms in total. The first-order chi connectivity index (χ1) is 14.6. The van der Waals surface area contributed by atoms with Gasteiger partial charge in [-0.25, -0.2) is 10.2 Å². The SMILES string of the molecule is COC(=O)COc1ccc(/C=N\NC(=O)C(=O)Nc2ccc(Cl)c(C(F)(F)F)c2)cc1. The third kappa shape index (κ3) is 7.30. The summed E-state index contributed by atoms with van der Waals surface area (Å²) < 4.78 is 48.1. The number of nitrogens with one attached hydrogen (secondary N) is 2. The Hall–Kier alpha value is -3.60. The average molecular weight is 458 g/mol. The second-order valence-electron chi connectivity index (χ2n) is 5.78. The predicted molar refractivity (Wildman–Crippen MR) is 105 cm³/mol. The maximum atomic E-state index is 12.8. The van der Waals surface area contributed by atoms with Gasteiger partial charge in [-0.3, -0.25) is 9.59 Å². The number of benzene rings is 2. The minimum absolute atomic E-state index is 0.257. The van der Waals surface area contributed by atoms with Crippen LogP contribution in [0.25, 0.3) is 0 Å². The van der Waals surface area contributed by atoms with Crippen molar-refractivity contribution in [2.75, 3.05) is 19.0 Å². The van der Waals surface area contributed by atoms with Crippen molar-refractivity contribution in [2.24, 2.45) is 5.10 Å². The molecule has 0 bridgehead atoms. The Kier molecular flexibility index (Phi) is 7.97. The molecule has 2 rings (SSSR count). The van der Waals surface area contributed by atoms with Crippen molar-refractivity contribution in [1.29, 1.82) is 0 Å². The summed E-state index contributed by atoms with van der Waals surface area (Å²) in [4.78, 5) is 34.6. The third-order valence-corrected chi connectivity index (χ3v) is 3.91. The first kappa shape index (κ1) is 23.7. The fraction of sp³-hybridized carbons (Fsp3) is 0.158. The number of hydrazone groups is 1. The molecule has 0 spiro atoms. The largest absolute Gasteiger partial charge is 0.482 e. The monoisotopic (exact) mass is 457 g/mol. The summed E-state index contributed by atoms with van der Waals surface area (Å²) in [5.74, 6) is -2.57. The Morgan fingerprint density at radius 1 is 1.10 bits per heavy atom.